The number of amidine groups is 2. The van der Waals surface area contributed by atoms with Gasteiger partial charge in [0, 0.05) is 28.3 Å². The molecular weight excluding hydrogens is 668 g/mol. The maximum Gasteiger partial charge on any atom is 0.206 e. The molecular formula is C39H28N4O9. The fourth-order valence-corrected chi connectivity index (χ4v) is 7.19. The van der Waals surface area contributed by atoms with Crippen LogP contribution in [0.4, 0.5) is 0 Å². The number of allylic oxidation sites excluding steroid dienone is 1. The Morgan fingerprint density at radius 1 is 0.635 bits per heavy atom. The molecule has 9 N–H and O–H groups in total. The standard InChI is InChI=1S/C39H28N4O9/c44-28-24-25-27(31(47)35(51)33(49)29(25)45)43(26(24)30(46)34(50)32(28)48)19-14-15-20-21-12-7-13-22(36(21)52-23(20)16-19)39-41-37(17-8-3-1-4-9-17)40-38(42-39)18-10-5-2-6-11-18/h1-13,16,37,44-51H,14-15H2,(H,40,41,42). The second-order valence-corrected chi connectivity index (χ2v) is 12.6. The Morgan fingerprint density at radius 3 is 1.87 bits per heavy atom. The first-order valence-electron chi connectivity index (χ1n) is 16.2. The Kier molecular flexibility index (Phi) is 6.57. The summed E-state index contributed by atoms with van der Waals surface area (Å²) in [5.41, 5.74) is 3.54. The average Bonchev–Trinajstić information content (AvgIpc) is 3.74. The molecule has 2 aliphatic rings. The molecule has 258 valence electrons. The molecule has 9 rings (SSSR count). The topological polar surface area (TPSA) is 217 Å². The molecule has 13 nitrogen and oxygen atoms in total. The highest BCUT2D eigenvalue weighted by Gasteiger charge is 2.34. The van der Waals surface area contributed by atoms with E-state index < -0.39 is 62.9 Å². The Labute approximate surface area is 292 Å². The van der Waals surface area contributed by atoms with Crippen molar-refractivity contribution in [3.05, 3.63) is 107 Å². The molecule has 5 aromatic carbocycles. The van der Waals surface area contributed by atoms with Gasteiger partial charge in [0.15, 0.2) is 28.8 Å². The summed E-state index contributed by atoms with van der Waals surface area (Å²) in [6.07, 6.45) is 1.82. The average molecular weight is 697 g/mol. The maximum atomic E-state index is 11.1. The van der Waals surface area contributed by atoms with Gasteiger partial charge in [-0.05, 0) is 24.5 Å². The van der Waals surface area contributed by atoms with Crippen molar-refractivity contribution < 1.29 is 45.3 Å². The van der Waals surface area contributed by atoms with Gasteiger partial charge in [-0.15, -0.1) is 0 Å². The van der Waals surface area contributed by atoms with E-state index in [4.69, 9.17) is 14.4 Å². The highest BCUT2D eigenvalue weighted by molar-refractivity contribution is 6.22. The Hall–Kier alpha value is -7.28. The zero-order valence-corrected chi connectivity index (χ0v) is 26.9. The van der Waals surface area contributed by atoms with Gasteiger partial charge in [-0.1, -0.05) is 72.8 Å². The minimum atomic E-state index is -1.09. The molecule has 1 unspecified atom stereocenters. The number of hydrogen-bond acceptors (Lipinski definition) is 12. The number of nitrogens with zero attached hydrogens (tertiary/aromatic N) is 3. The molecule has 1 aliphatic heterocycles. The monoisotopic (exact) mass is 696 g/mol. The van der Waals surface area contributed by atoms with Gasteiger partial charge in [0.05, 0.1) is 16.3 Å². The number of aliphatic imine (C=N–C) groups is 2. The van der Waals surface area contributed by atoms with E-state index in [9.17, 15) is 40.9 Å². The third-order valence-corrected chi connectivity index (χ3v) is 9.65. The van der Waals surface area contributed by atoms with Crippen LogP contribution in [-0.2, 0) is 6.42 Å². The molecule has 0 saturated carbocycles. The first kappa shape index (κ1) is 30.8. The van der Waals surface area contributed by atoms with Crippen molar-refractivity contribution in [3.63, 3.8) is 0 Å². The molecule has 0 radical (unpaired) electrons. The Balaban J connectivity index is 1.26. The number of furan rings is 1. The van der Waals surface area contributed by atoms with Crippen LogP contribution >= 0.6 is 0 Å². The number of fused-ring (bicyclic) bond motifs is 6. The number of phenolic OH excluding ortho intramolecular Hbond substituents is 8. The maximum absolute atomic E-state index is 11.1. The van der Waals surface area contributed by atoms with Crippen LogP contribution in [0.25, 0.3) is 44.5 Å². The largest absolute Gasteiger partial charge is 0.504 e. The van der Waals surface area contributed by atoms with Crippen LogP contribution in [0.5, 0.6) is 46.0 Å². The molecule has 1 aliphatic carbocycles. The van der Waals surface area contributed by atoms with Crippen molar-refractivity contribution in [3.8, 4) is 46.0 Å². The highest BCUT2D eigenvalue weighted by Crippen LogP contribution is 2.59. The third kappa shape index (κ3) is 4.29. The molecule has 0 fully saturated rings. The van der Waals surface area contributed by atoms with Crippen LogP contribution in [0, 0.1) is 0 Å². The highest BCUT2D eigenvalue weighted by atomic mass is 16.4. The van der Waals surface area contributed by atoms with Crippen LogP contribution < -0.4 is 5.32 Å². The van der Waals surface area contributed by atoms with Crippen molar-refractivity contribution in [2.45, 2.75) is 19.0 Å². The molecule has 2 aromatic heterocycles. The summed E-state index contributed by atoms with van der Waals surface area (Å²) in [6, 6.07) is 25.2. The van der Waals surface area contributed by atoms with Gasteiger partial charge >= 0.3 is 0 Å². The zero-order chi connectivity index (χ0) is 36.0. The lowest BCUT2D eigenvalue weighted by molar-refractivity contribution is 0.350. The lowest BCUT2D eigenvalue weighted by atomic mass is 9.97. The number of aryl methyl sites for hydroxylation is 1. The number of rotatable bonds is 4. The van der Waals surface area contributed by atoms with Gasteiger partial charge in [0.25, 0.3) is 0 Å². The second kappa shape index (κ2) is 11.1. The molecule has 0 amide bonds. The van der Waals surface area contributed by atoms with E-state index in [1.54, 1.807) is 6.08 Å². The van der Waals surface area contributed by atoms with Crippen LogP contribution in [0.2, 0.25) is 0 Å². The number of aromatic hydroxyl groups is 8. The summed E-state index contributed by atoms with van der Waals surface area (Å²) >= 11 is 0. The molecule has 52 heavy (non-hydrogen) atoms. The lowest BCUT2D eigenvalue weighted by Gasteiger charge is -2.23. The lowest BCUT2D eigenvalue weighted by Crippen LogP contribution is -2.33. The third-order valence-electron chi connectivity index (χ3n) is 9.65. The van der Waals surface area contributed by atoms with E-state index in [0.29, 0.717) is 40.7 Å². The van der Waals surface area contributed by atoms with E-state index in [-0.39, 0.29) is 17.5 Å². The molecule has 13 heteroatoms. The van der Waals surface area contributed by atoms with Gasteiger partial charge in [0.2, 0.25) is 23.0 Å². The summed E-state index contributed by atoms with van der Waals surface area (Å²) in [7, 11) is 0. The van der Waals surface area contributed by atoms with E-state index in [1.807, 2.05) is 78.9 Å². The van der Waals surface area contributed by atoms with Gasteiger partial charge < -0.3 is 55.2 Å². The van der Waals surface area contributed by atoms with Crippen LogP contribution in [0.1, 0.15) is 40.6 Å². The summed E-state index contributed by atoms with van der Waals surface area (Å²) < 4.78 is 7.76. The molecule has 0 bridgehead atoms. The van der Waals surface area contributed by atoms with E-state index in [0.717, 1.165) is 22.1 Å². The quantitative estimate of drug-likeness (QED) is 0.0707. The zero-order valence-electron chi connectivity index (χ0n) is 26.9. The normalized spacial score (nSPS) is 15.7. The van der Waals surface area contributed by atoms with Crippen molar-refractivity contribution in [1.82, 2.24) is 9.88 Å². The van der Waals surface area contributed by atoms with Gasteiger partial charge in [-0.2, -0.15) is 0 Å². The van der Waals surface area contributed by atoms with Gasteiger partial charge in [0.1, 0.15) is 34.4 Å². The van der Waals surface area contributed by atoms with E-state index in [1.165, 1.54) is 4.57 Å². The Morgan fingerprint density at radius 2 is 1.23 bits per heavy atom. The molecule has 0 spiro atoms. The fourth-order valence-electron chi connectivity index (χ4n) is 7.19. The first-order valence-corrected chi connectivity index (χ1v) is 16.2. The minimum Gasteiger partial charge on any atom is -0.504 e. The van der Waals surface area contributed by atoms with Crippen molar-refractivity contribution in [2.24, 2.45) is 9.98 Å². The number of para-hydroxylation sites is 1. The van der Waals surface area contributed by atoms with Crippen LogP contribution in [-0.4, -0.2) is 57.1 Å². The number of hydrogen-bond donors (Lipinski definition) is 9. The first-order chi connectivity index (χ1) is 25.1. The second-order valence-electron chi connectivity index (χ2n) is 12.6. The Bertz CT molecular complexity index is 2670. The predicted octanol–water partition coefficient (Wildman–Crippen LogP) is 6.63. The SMILES string of the molecule is Oc1c(O)c(O)c2c(c1O)c1c(O)c(O)c(O)c(O)c1n2C1=Cc2oc3c(C4=NC(c5ccccc5)NC(c5ccccc5)=N4)cccc3c2CC1. The number of phenols is 8. The van der Waals surface area contributed by atoms with Crippen molar-refractivity contribution in [2.75, 3.05) is 0 Å². The van der Waals surface area contributed by atoms with Crippen LogP contribution in [0.3, 0.4) is 0 Å². The number of aromatic nitrogens is 1. The summed E-state index contributed by atoms with van der Waals surface area (Å²) in [6.45, 7) is 0. The van der Waals surface area contributed by atoms with E-state index in [2.05, 4.69) is 5.32 Å². The van der Waals surface area contributed by atoms with E-state index >= 15 is 0 Å². The molecule has 0 saturated heterocycles. The smallest absolute Gasteiger partial charge is 0.206 e. The molecule has 1 atom stereocenters. The van der Waals surface area contributed by atoms with Crippen LogP contribution in [0.15, 0.2) is 93.3 Å². The summed E-state index contributed by atoms with van der Waals surface area (Å²) in [4.78, 5) is 9.92. The predicted molar refractivity (Wildman–Crippen MR) is 193 cm³/mol. The number of nitrogens with one attached hydrogen (secondary N) is 1. The van der Waals surface area contributed by atoms with Crippen molar-refractivity contribution >= 4 is 56.2 Å². The number of benzene rings is 5. The summed E-state index contributed by atoms with van der Waals surface area (Å²) in [5, 5.41) is 89.2. The molecule has 7 aromatic rings. The fraction of sp³-hybridized carbons (Fsp3) is 0.0769. The minimum absolute atomic E-state index is 0.242. The molecule has 3 heterocycles. The van der Waals surface area contributed by atoms with Gasteiger partial charge in [-0.25, -0.2) is 9.98 Å². The summed E-state index contributed by atoms with van der Waals surface area (Å²) in [5.74, 6) is -6.45. The van der Waals surface area contributed by atoms with Crippen molar-refractivity contribution in [1.29, 1.82) is 0 Å². The van der Waals surface area contributed by atoms with Gasteiger partial charge in [-0.3, -0.25) is 0 Å².